The Balaban J connectivity index is 1.49. The Hall–Kier alpha value is -2.73. The predicted molar refractivity (Wildman–Crippen MR) is 111 cm³/mol. The number of aromatic amines is 1. The molecule has 6 heteroatoms. The third kappa shape index (κ3) is 4.65. The quantitative estimate of drug-likeness (QED) is 0.626. The minimum Gasteiger partial charge on any atom is -0.355 e. The van der Waals surface area contributed by atoms with E-state index in [2.05, 4.69) is 15.2 Å². The molecule has 0 spiro atoms. The lowest BCUT2D eigenvalue weighted by Gasteiger charge is -2.14. The minimum absolute atomic E-state index is 0.0139. The van der Waals surface area contributed by atoms with E-state index in [1.807, 2.05) is 0 Å². The molecule has 0 bridgehead atoms. The number of carbonyl (C=O) groups excluding carboxylic acids is 1. The van der Waals surface area contributed by atoms with Crippen LogP contribution in [0.5, 0.6) is 0 Å². The summed E-state index contributed by atoms with van der Waals surface area (Å²) in [7, 11) is 0. The van der Waals surface area contributed by atoms with Crippen LogP contribution in [0.15, 0.2) is 42.5 Å². The Bertz CT molecular complexity index is 991. The van der Waals surface area contributed by atoms with Crippen LogP contribution in [0.1, 0.15) is 24.8 Å². The van der Waals surface area contributed by atoms with Gasteiger partial charge < -0.3 is 15.2 Å². The summed E-state index contributed by atoms with van der Waals surface area (Å²) in [6.45, 7) is 3.74. The number of benzene rings is 2. The summed E-state index contributed by atoms with van der Waals surface area (Å²) >= 11 is 0. The van der Waals surface area contributed by atoms with E-state index in [1.54, 1.807) is 18.2 Å². The molecule has 1 aliphatic rings. The number of fused-ring (bicyclic) bond motifs is 1. The number of aryl methyl sites for hydroxylation is 1. The zero-order valence-corrected chi connectivity index (χ0v) is 16.3. The van der Waals surface area contributed by atoms with E-state index in [1.165, 1.54) is 37.1 Å². The molecular formula is C23H25F2N3O. The largest absolute Gasteiger partial charge is 0.355 e. The highest BCUT2D eigenvalue weighted by molar-refractivity contribution is 5.91. The molecule has 4 rings (SSSR count). The molecule has 2 heterocycles. The number of aromatic nitrogens is 1. The number of nitrogens with one attached hydrogen (secondary N) is 2. The van der Waals surface area contributed by atoms with Gasteiger partial charge in [-0.3, -0.25) is 4.79 Å². The lowest BCUT2D eigenvalue weighted by molar-refractivity contribution is -0.121. The van der Waals surface area contributed by atoms with Crippen molar-refractivity contribution in [1.29, 1.82) is 0 Å². The molecule has 1 aromatic heterocycles. The summed E-state index contributed by atoms with van der Waals surface area (Å²) in [5.41, 5.74) is 3.29. The maximum absolute atomic E-state index is 13.8. The normalized spacial score (nSPS) is 14.6. The van der Waals surface area contributed by atoms with E-state index in [0.717, 1.165) is 47.4 Å². The van der Waals surface area contributed by atoms with Crippen molar-refractivity contribution in [1.82, 2.24) is 15.2 Å². The second kappa shape index (κ2) is 8.74. The van der Waals surface area contributed by atoms with E-state index >= 15 is 0 Å². The van der Waals surface area contributed by atoms with Crippen molar-refractivity contribution in [2.75, 3.05) is 26.2 Å². The molecule has 0 saturated carbocycles. The third-order valence-electron chi connectivity index (χ3n) is 5.55. The van der Waals surface area contributed by atoms with Gasteiger partial charge in [-0.15, -0.1) is 0 Å². The number of rotatable bonds is 7. The van der Waals surface area contributed by atoms with E-state index in [0.29, 0.717) is 19.4 Å². The molecule has 1 fully saturated rings. The smallest absolute Gasteiger partial charge is 0.220 e. The first kappa shape index (κ1) is 19.6. The number of hydrogen-bond donors (Lipinski definition) is 2. The molecule has 2 N–H and O–H groups in total. The summed E-state index contributed by atoms with van der Waals surface area (Å²) in [5, 5.41) is 3.74. The molecule has 1 amide bonds. The van der Waals surface area contributed by atoms with E-state index in [9.17, 15) is 13.6 Å². The van der Waals surface area contributed by atoms with Crippen LogP contribution in [0.4, 0.5) is 8.78 Å². The molecule has 0 radical (unpaired) electrons. The van der Waals surface area contributed by atoms with E-state index in [-0.39, 0.29) is 17.5 Å². The zero-order chi connectivity index (χ0) is 20.2. The van der Waals surface area contributed by atoms with Gasteiger partial charge in [0, 0.05) is 36.1 Å². The lowest BCUT2D eigenvalue weighted by Crippen LogP contribution is -2.33. The van der Waals surface area contributed by atoms with Gasteiger partial charge in [-0.05, 0) is 85.9 Å². The number of carbonyl (C=O) groups is 1. The summed E-state index contributed by atoms with van der Waals surface area (Å²) in [4.78, 5) is 18.0. The number of halogens is 2. The summed E-state index contributed by atoms with van der Waals surface area (Å²) in [6, 6.07) is 10.8. The highest BCUT2D eigenvalue weighted by Gasteiger charge is 2.16. The van der Waals surface area contributed by atoms with Crippen LogP contribution >= 0.6 is 0 Å². The van der Waals surface area contributed by atoms with Gasteiger partial charge in [-0.1, -0.05) is 0 Å². The first-order valence-electron chi connectivity index (χ1n) is 10.2. The van der Waals surface area contributed by atoms with Gasteiger partial charge in [-0.25, -0.2) is 8.78 Å². The second-order valence-electron chi connectivity index (χ2n) is 7.57. The average molecular weight is 397 g/mol. The fourth-order valence-electron chi connectivity index (χ4n) is 4.03. The number of nitrogens with zero attached hydrogens (tertiary/aromatic N) is 1. The first-order chi connectivity index (χ1) is 14.1. The molecule has 29 heavy (non-hydrogen) atoms. The van der Waals surface area contributed by atoms with Crippen molar-refractivity contribution >= 4 is 16.8 Å². The van der Waals surface area contributed by atoms with Gasteiger partial charge in [-0.2, -0.15) is 0 Å². The van der Waals surface area contributed by atoms with Crippen LogP contribution in [-0.4, -0.2) is 42.0 Å². The molecule has 152 valence electrons. The van der Waals surface area contributed by atoms with Crippen molar-refractivity contribution < 1.29 is 13.6 Å². The molecular weight excluding hydrogens is 372 g/mol. The zero-order valence-electron chi connectivity index (χ0n) is 16.3. The minimum atomic E-state index is -0.321. The van der Waals surface area contributed by atoms with Gasteiger partial charge in [0.05, 0.1) is 0 Å². The Morgan fingerprint density at radius 2 is 1.76 bits per heavy atom. The third-order valence-corrected chi connectivity index (χ3v) is 5.55. The number of amides is 1. The van der Waals surface area contributed by atoms with Crippen molar-refractivity contribution in [3.8, 4) is 11.3 Å². The fourth-order valence-corrected chi connectivity index (χ4v) is 4.03. The molecule has 1 saturated heterocycles. The molecule has 0 aliphatic carbocycles. The SMILES string of the molecule is O=C(CCc1c(-c2ccc(F)cc2)[nH]c2ccc(F)cc12)NCCN1CCCC1. The summed E-state index contributed by atoms with van der Waals surface area (Å²) in [5.74, 6) is -0.645. The van der Waals surface area contributed by atoms with Gasteiger partial charge in [0.25, 0.3) is 0 Å². The second-order valence-corrected chi connectivity index (χ2v) is 7.57. The van der Waals surface area contributed by atoms with E-state index in [4.69, 9.17) is 0 Å². The monoisotopic (exact) mass is 397 g/mol. The maximum Gasteiger partial charge on any atom is 0.220 e. The van der Waals surface area contributed by atoms with Crippen LogP contribution in [0, 0.1) is 11.6 Å². The average Bonchev–Trinajstić information content (AvgIpc) is 3.35. The van der Waals surface area contributed by atoms with Gasteiger partial charge in [0.2, 0.25) is 5.91 Å². The fraction of sp³-hybridized carbons (Fsp3) is 0.348. The molecule has 4 nitrogen and oxygen atoms in total. The Kier molecular flexibility index (Phi) is 5.90. The highest BCUT2D eigenvalue weighted by atomic mass is 19.1. The van der Waals surface area contributed by atoms with Crippen molar-refractivity contribution in [3.05, 3.63) is 59.7 Å². The molecule has 2 aromatic carbocycles. The lowest BCUT2D eigenvalue weighted by atomic mass is 10.0. The Labute approximate surface area is 168 Å². The van der Waals surface area contributed by atoms with Crippen LogP contribution in [0.2, 0.25) is 0 Å². The number of H-pyrrole nitrogens is 1. The molecule has 3 aromatic rings. The van der Waals surface area contributed by atoms with Crippen molar-refractivity contribution in [2.45, 2.75) is 25.7 Å². The maximum atomic E-state index is 13.8. The number of hydrogen-bond acceptors (Lipinski definition) is 2. The Morgan fingerprint density at radius 1 is 1.03 bits per heavy atom. The first-order valence-corrected chi connectivity index (χ1v) is 10.2. The topological polar surface area (TPSA) is 48.1 Å². The van der Waals surface area contributed by atoms with Crippen molar-refractivity contribution in [2.24, 2.45) is 0 Å². The summed E-state index contributed by atoms with van der Waals surface area (Å²) in [6.07, 6.45) is 3.26. The highest BCUT2D eigenvalue weighted by Crippen LogP contribution is 2.32. The predicted octanol–water partition coefficient (Wildman–Crippen LogP) is 4.26. The van der Waals surface area contributed by atoms with E-state index < -0.39 is 0 Å². The van der Waals surface area contributed by atoms with Crippen LogP contribution in [-0.2, 0) is 11.2 Å². The van der Waals surface area contributed by atoms with Crippen LogP contribution < -0.4 is 5.32 Å². The van der Waals surface area contributed by atoms with Gasteiger partial charge in [0.15, 0.2) is 0 Å². The summed E-state index contributed by atoms with van der Waals surface area (Å²) < 4.78 is 27.2. The van der Waals surface area contributed by atoms with Crippen molar-refractivity contribution in [3.63, 3.8) is 0 Å². The standard InChI is InChI=1S/C23H25F2N3O/c24-17-5-3-16(4-6-17)23-19(20-15-18(25)7-9-21(20)27-23)8-10-22(29)26-11-14-28-12-1-2-13-28/h3-7,9,15,27H,1-2,8,10-14H2,(H,26,29). The van der Waals surface area contributed by atoms with Gasteiger partial charge >= 0.3 is 0 Å². The number of likely N-dealkylation sites (tertiary alicyclic amines) is 1. The van der Waals surface area contributed by atoms with Gasteiger partial charge in [0.1, 0.15) is 11.6 Å². The van der Waals surface area contributed by atoms with Crippen LogP contribution in [0.25, 0.3) is 22.2 Å². The molecule has 0 atom stereocenters. The van der Waals surface area contributed by atoms with Crippen LogP contribution in [0.3, 0.4) is 0 Å². The molecule has 0 unspecified atom stereocenters. The Morgan fingerprint density at radius 3 is 2.52 bits per heavy atom. The molecule has 1 aliphatic heterocycles.